The van der Waals surface area contributed by atoms with E-state index in [9.17, 15) is 0 Å². The van der Waals surface area contributed by atoms with Crippen LogP contribution < -0.4 is 0 Å². The first kappa shape index (κ1) is 21.9. The fraction of sp³-hybridized carbons (Fsp3) is 0.231. The second-order valence-corrected chi connectivity index (χ2v) is 11.0. The molecule has 0 bridgehead atoms. The van der Waals surface area contributed by atoms with Crippen molar-refractivity contribution in [3.05, 3.63) is 82.6 Å². The molecule has 4 heteroatoms. The predicted molar refractivity (Wildman–Crippen MR) is 144 cm³/mol. The minimum Gasteiger partial charge on any atom is -0.140 e. The Morgan fingerprint density at radius 2 is 0.833 bits per heavy atom. The number of hydrogen-bond acceptors (Lipinski definition) is 2. The summed E-state index contributed by atoms with van der Waals surface area (Å²) in [6.07, 6.45) is 7.19. The highest BCUT2D eigenvalue weighted by molar-refractivity contribution is 7.17. The van der Waals surface area contributed by atoms with Crippen LogP contribution in [0.1, 0.15) is 22.6 Å². The van der Waals surface area contributed by atoms with Crippen molar-refractivity contribution in [1.29, 1.82) is 0 Å². The van der Waals surface area contributed by atoms with Crippen LogP contribution >= 0.6 is 41.2 Å². The Labute approximate surface area is 193 Å². The summed E-state index contributed by atoms with van der Waals surface area (Å²) >= 11 is 3.85. The molecule has 2 aromatic heterocycles. The van der Waals surface area contributed by atoms with Crippen LogP contribution in [0.2, 0.25) is 0 Å². The van der Waals surface area contributed by atoms with Crippen molar-refractivity contribution in [2.45, 2.75) is 25.7 Å². The third-order valence-corrected chi connectivity index (χ3v) is 8.45. The van der Waals surface area contributed by atoms with Gasteiger partial charge in [-0.25, -0.2) is 0 Å². The predicted octanol–water partition coefficient (Wildman–Crippen LogP) is 8.43. The third kappa shape index (κ3) is 5.49. The highest BCUT2D eigenvalue weighted by Gasteiger charge is 2.06. The van der Waals surface area contributed by atoms with E-state index in [1.54, 1.807) is 0 Å². The van der Waals surface area contributed by atoms with Gasteiger partial charge in [0.15, 0.2) is 0 Å². The maximum atomic E-state index is 2.82. The topological polar surface area (TPSA) is 0 Å². The van der Waals surface area contributed by atoms with Gasteiger partial charge in [0, 0.05) is 19.5 Å². The smallest absolute Gasteiger partial charge is 0.0345 e. The quantitative estimate of drug-likeness (QED) is 0.217. The summed E-state index contributed by atoms with van der Waals surface area (Å²) < 4.78 is 0. The molecule has 2 unspecified atom stereocenters. The summed E-state index contributed by atoms with van der Waals surface area (Å²) in [5, 5.41) is 0. The summed E-state index contributed by atoms with van der Waals surface area (Å²) in [7, 11) is 5.63. The molecule has 0 aliphatic carbocycles. The van der Waals surface area contributed by atoms with Crippen molar-refractivity contribution in [3.8, 4) is 32.0 Å². The van der Waals surface area contributed by atoms with Crippen LogP contribution in [-0.2, 0) is 12.8 Å². The maximum Gasteiger partial charge on any atom is 0.0345 e. The van der Waals surface area contributed by atoms with Gasteiger partial charge in [-0.3, -0.25) is 0 Å². The van der Waals surface area contributed by atoms with Crippen LogP contribution in [0.4, 0.5) is 0 Å². The molecule has 0 aliphatic heterocycles. The van der Waals surface area contributed by atoms with Crippen LogP contribution in [0.15, 0.2) is 72.8 Å². The van der Waals surface area contributed by atoms with Gasteiger partial charge in [-0.05, 0) is 84.5 Å². The minimum atomic E-state index is 1.17. The van der Waals surface area contributed by atoms with Gasteiger partial charge >= 0.3 is 0 Å². The summed E-state index contributed by atoms with van der Waals surface area (Å²) in [6.45, 7) is 0. The van der Waals surface area contributed by atoms with Crippen molar-refractivity contribution in [1.82, 2.24) is 0 Å². The molecule has 2 heterocycles. The van der Waals surface area contributed by atoms with E-state index in [-0.39, 0.29) is 0 Å². The van der Waals surface area contributed by atoms with Crippen molar-refractivity contribution in [2.75, 3.05) is 12.3 Å². The molecule has 2 aromatic carbocycles. The Hall–Kier alpha value is -1.30. The van der Waals surface area contributed by atoms with Gasteiger partial charge in [-0.2, -0.15) is 0 Å². The minimum absolute atomic E-state index is 1.17. The number of rotatable bonds is 9. The highest BCUT2D eigenvalue weighted by atomic mass is 32.1. The Morgan fingerprint density at radius 3 is 1.20 bits per heavy atom. The second kappa shape index (κ2) is 10.8. The Kier molecular flexibility index (Phi) is 7.91. The molecular formula is C26H28P2S2. The number of aryl methyl sites for hydroxylation is 2. The summed E-state index contributed by atoms with van der Waals surface area (Å²) in [4.78, 5) is 5.70. The summed E-state index contributed by atoms with van der Waals surface area (Å²) in [5.41, 5.74) is 5.18. The molecule has 0 saturated carbocycles. The van der Waals surface area contributed by atoms with Gasteiger partial charge in [0.1, 0.15) is 0 Å². The highest BCUT2D eigenvalue weighted by Crippen LogP contribution is 2.33. The molecule has 2 atom stereocenters. The first-order valence-electron chi connectivity index (χ1n) is 10.6. The Balaban J connectivity index is 1.45. The van der Waals surface area contributed by atoms with E-state index in [2.05, 4.69) is 91.3 Å². The van der Waals surface area contributed by atoms with Gasteiger partial charge in [0.05, 0.1) is 0 Å². The standard InChI is InChI=1S/C26H28P2S2/c27-17-1-3-23-13-15-25(29-23)21-9-5-19(6-10-21)20-7-11-22(12-8-20)26-16-14-24(30-26)4-2-18-28/h5-16H,1-4,17-18,27-28H2. The Bertz CT molecular complexity index is 971. The molecule has 4 rings (SSSR count). The lowest BCUT2D eigenvalue weighted by Crippen LogP contribution is -1.80. The van der Waals surface area contributed by atoms with E-state index in [0.717, 1.165) is 0 Å². The lowest BCUT2D eigenvalue weighted by Gasteiger charge is -2.05. The third-order valence-electron chi connectivity index (χ3n) is 5.25. The first-order valence-corrected chi connectivity index (χ1v) is 13.8. The van der Waals surface area contributed by atoms with Gasteiger partial charge in [0.25, 0.3) is 0 Å². The van der Waals surface area contributed by atoms with E-state index in [4.69, 9.17) is 0 Å². The van der Waals surface area contributed by atoms with E-state index in [1.165, 1.54) is 79.8 Å². The van der Waals surface area contributed by atoms with Gasteiger partial charge in [-0.1, -0.05) is 48.5 Å². The molecule has 4 aromatic rings. The second-order valence-electron chi connectivity index (χ2n) is 7.47. The van der Waals surface area contributed by atoms with Crippen molar-refractivity contribution >= 4 is 41.2 Å². The molecule has 0 fully saturated rings. The molecular weight excluding hydrogens is 438 g/mol. The fourth-order valence-electron chi connectivity index (χ4n) is 3.54. The van der Waals surface area contributed by atoms with Crippen LogP contribution in [0.25, 0.3) is 32.0 Å². The van der Waals surface area contributed by atoms with E-state index in [0.29, 0.717) is 0 Å². The van der Waals surface area contributed by atoms with Crippen LogP contribution in [0.5, 0.6) is 0 Å². The molecule has 0 saturated heterocycles. The van der Waals surface area contributed by atoms with Crippen molar-refractivity contribution < 1.29 is 0 Å². The number of benzene rings is 2. The average Bonchev–Trinajstić information content (AvgIpc) is 3.46. The Morgan fingerprint density at radius 1 is 0.467 bits per heavy atom. The SMILES string of the molecule is PCCCc1ccc(-c2ccc(-c3ccc(-c4ccc(CCCP)s4)cc3)cc2)s1. The van der Waals surface area contributed by atoms with Crippen LogP contribution in [0.3, 0.4) is 0 Å². The number of thiophene rings is 2. The molecule has 0 amide bonds. The van der Waals surface area contributed by atoms with Gasteiger partial charge < -0.3 is 0 Å². The zero-order chi connectivity index (χ0) is 20.8. The average molecular weight is 467 g/mol. The summed E-state index contributed by atoms with van der Waals surface area (Å²) in [6, 6.07) is 27.1. The zero-order valence-corrected chi connectivity index (χ0v) is 21.1. The maximum absolute atomic E-state index is 2.82. The van der Waals surface area contributed by atoms with E-state index in [1.807, 2.05) is 22.7 Å². The van der Waals surface area contributed by atoms with Crippen LogP contribution in [0, 0.1) is 0 Å². The molecule has 0 spiro atoms. The van der Waals surface area contributed by atoms with E-state index >= 15 is 0 Å². The lowest BCUT2D eigenvalue weighted by molar-refractivity contribution is 0.953. The van der Waals surface area contributed by atoms with E-state index < -0.39 is 0 Å². The molecule has 30 heavy (non-hydrogen) atoms. The molecule has 0 N–H and O–H groups in total. The fourth-order valence-corrected chi connectivity index (χ4v) is 6.06. The number of hydrogen-bond donors (Lipinski definition) is 0. The summed E-state index contributed by atoms with van der Waals surface area (Å²) in [5.74, 6) is 0. The normalized spacial score (nSPS) is 11.1. The lowest BCUT2D eigenvalue weighted by atomic mass is 10.0. The van der Waals surface area contributed by atoms with Crippen molar-refractivity contribution in [2.24, 2.45) is 0 Å². The first-order chi connectivity index (χ1) is 14.8. The van der Waals surface area contributed by atoms with Crippen molar-refractivity contribution in [3.63, 3.8) is 0 Å². The van der Waals surface area contributed by atoms with Gasteiger partial charge in [0.2, 0.25) is 0 Å². The monoisotopic (exact) mass is 466 g/mol. The molecule has 0 radical (unpaired) electrons. The zero-order valence-electron chi connectivity index (χ0n) is 17.1. The molecule has 0 aliphatic rings. The van der Waals surface area contributed by atoms with Gasteiger partial charge in [-0.15, -0.1) is 41.2 Å². The molecule has 0 nitrogen and oxygen atoms in total. The largest absolute Gasteiger partial charge is 0.140 e. The molecule has 154 valence electrons. The van der Waals surface area contributed by atoms with Crippen LogP contribution in [-0.4, -0.2) is 12.3 Å².